The van der Waals surface area contributed by atoms with E-state index in [1.807, 2.05) is 27.7 Å². The summed E-state index contributed by atoms with van der Waals surface area (Å²) in [6.45, 7) is 13.0. The van der Waals surface area contributed by atoms with Crippen molar-refractivity contribution in [3.8, 4) is 0 Å². The largest absolute Gasteiger partial charge is 0.453 e. The molecule has 38 heavy (non-hydrogen) atoms. The van der Waals surface area contributed by atoms with E-state index in [9.17, 15) is 39.6 Å². The van der Waals surface area contributed by atoms with Crippen LogP contribution in [0.2, 0.25) is 0 Å². The van der Waals surface area contributed by atoms with Crippen molar-refractivity contribution in [2.24, 2.45) is 0 Å². The standard InChI is InChI=1S/C22H33N3O9.2C2H6/c1-10-17(21(32)23-15(6-26)7-27)11(2)19(25-20(31)13(4)34-14(5)30)12(3)18(10)22(33)24-16(8-28)9-29;2*1-2/h13,15-16,26-29H,6-9H2,1-5H3,(H,23,32)(H,24,33)(H,25,31);2*1-2H3. The molecular formula is C26H45N3O9. The van der Waals surface area contributed by atoms with Crippen LogP contribution in [0.15, 0.2) is 0 Å². The first-order valence-electron chi connectivity index (χ1n) is 12.6. The molecule has 1 atom stereocenters. The van der Waals surface area contributed by atoms with Crippen LogP contribution in [0.4, 0.5) is 5.69 Å². The summed E-state index contributed by atoms with van der Waals surface area (Å²) in [6.07, 6.45) is -1.16. The molecule has 0 aliphatic heterocycles. The highest BCUT2D eigenvalue weighted by atomic mass is 16.5. The van der Waals surface area contributed by atoms with Gasteiger partial charge in [0.05, 0.1) is 38.5 Å². The maximum Gasteiger partial charge on any atom is 0.303 e. The van der Waals surface area contributed by atoms with E-state index < -0.39 is 68.3 Å². The van der Waals surface area contributed by atoms with Gasteiger partial charge in [-0.05, 0) is 44.4 Å². The van der Waals surface area contributed by atoms with E-state index in [1.54, 1.807) is 13.8 Å². The molecule has 1 unspecified atom stereocenters. The molecule has 0 saturated carbocycles. The van der Waals surface area contributed by atoms with Gasteiger partial charge in [0.1, 0.15) is 0 Å². The van der Waals surface area contributed by atoms with Gasteiger partial charge in [-0.2, -0.15) is 0 Å². The summed E-state index contributed by atoms with van der Waals surface area (Å²) in [5.41, 5.74) is 0.982. The average molecular weight is 544 g/mol. The second kappa shape index (κ2) is 19.1. The first-order valence-corrected chi connectivity index (χ1v) is 12.6. The molecule has 0 aliphatic rings. The van der Waals surface area contributed by atoms with Crippen LogP contribution in [0.25, 0.3) is 0 Å². The number of nitrogens with one attached hydrogen (secondary N) is 3. The molecular weight excluding hydrogens is 498 g/mol. The Kier molecular flexibility index (Phi) is 18.6. The van der Waals surface area contributed by atoms with Crippen LogP contribution in [0.3, 0.4) is 0 Å². The van der Waals surface area contributed by atoms with Gasteiger partial charge >= 0.3 is 5.97 Å². The van der Waals surface area contributed by atoms with E-state index in [-0.39, 0.29) is 22.4 Å². The Bertz CT molecular complexity index is 874. The number of rotatable bonds is 11. The predicted molar refractivity (Wildman–Crippen MR) is 144 cm³/mol. The van der Waals surface area contributed by atoms with E-state index in [1.165, 1.54) is 13.8 Å². The Morgan fingerprint density at radius 1 is 0.711 bits per heavy atom. The molecule has 7 N–H and O–H groups in total. The molecule has 0 fully saturated rings. The summed E-state index contributed by atoms with van der Waals surface area (Å²) in [5.74, 6) is -2.78. The summed E-state index contributed by atoms with van der Waals surface area (Å²) < 4.78 is 4.89. The fourth-order valence-corrected chi connectivity index (χ4v) is 3.43. The molecule has 0 bridgehead atoms. The molecule has 12 heteroatoms. The maximum atomic E-state index is 13.0. The van der Waals surface area contributed by atoms with Gasteiger partial charge in [-0.25, -0.2) is 0 Å². The van der Waals surface area contributed by atoms with Crippen molar-refractivity contribution >= 4 is 29.4 Å². The molecule has 0 saturated heterocycles. The molecule has 1 rings (SSSR count). The lowest BCUT2D eigenvalue weighted by Crippen LogP contribution is -2.42. The third-order valence-corrected chi connectivity index (χ3v) is 5.22. The second-order valence-corrected chi connectivity index (χ2v) is 7.81. The Balaban J connectivity index is 0. The highest BCUT2D eigenvalue weighted by molar-refractivity contribution is 6.08. The number of aliphatic hydroxyl groups excluding tert-OH is 4. The van der Waals surface area contributed by atoms with Gasteiger partial charge in [0.15, 0.2) is 6.10 Å². The van der Waals surface area contributed by atoms with Gasteiger partial charge in [0.2, 0.25) is 0 Å². The summed E-state index contributed by atoms with van der Waals surface area (Å²) >= 11 is 0. The number of esters is 1. The lowest BCUT2D eigenvalue weighted by molar-refractivity contribution is -0.150. The first-order chi connectivity index (χ1) is 17.9. The maximum absolute atomic E-state index is 13.0. The van der Waals surface area contributed by atoms with E-state index >= 15 is 0 Å². The van der Waals surface area contributed by atoms with Crippen molar-refractivity contribution in [1.29, 1.82) is 0 Å². The second-order valence-electron chi connectivity index (χ2n) is 7.81. The van der Waals surface area contributed by atoms with Crippen LogP contribution >= 0.6 is 0 Å². The third kappa shape index (κ3) is 10.4. The molecule has 0 aliphatic carbocycles. The van der Waals surface area contributed by atoms with Gasteiger partial charge < -0.3 is 41.1 Å². The number of anilines is 1. The van der Waals surface area contributed by atoms with Crippen molar-refractivity contribution in [1.82, 2.24) is 10.6 Å². The van der Waals surface area contributed by atoms with E-state index in [2.05, 4.69) is 16.0 Å². The number of carbonyl (C=O) groups excluding carboxylic acids is 4. The van der Waals surface area contributed by atoms with Crippen LogP contribution in [0.1, 0.15) is 78.9 Å². The summed E-state index contributed by atoms with van der Waals surface area (Å²) in [4.78, 5) is 49.9. The molecule has 0 spiro atoms. The first kappa shape index (κ1) is 37.1. The SMILES string of the molecule is CC.CC.CC(=O)OC(C)C(=O)Nc1c(C)c(C(=O)NC(CO)CO)c(C)c(C(=O)NC(CO)CO)c1C. The molecule has 0 heterocycles. The number of ether oxygens (including phenoxy) is 1. The van der Waals surface area contributed by atoms with Gasteiger partial charge in [-0.3, -0.25) is 19.2 Å². The van der Waals surface area contributed by atoms with Crippen LogP contribution in [0.5, 0.6) is 0 Å². The number of hydrogen-bond acceptors (Lipinski definition) is 9. The fraction of sp³-hybridized carbons (Fsp3) is 0.615. The summed E-state index contributed by atoms with van der Waals surface area (Å²) in [7, 11) is 0. The Hall–Kier alpha value is -3.06. The molecule has 12 nitrogen and oxygen atoms in total. The Morgan fingerprint density at radius 2 is 1.05 bits per heavy atom. The zero-order valence-corrected chi connectivity index (χ0v) is 23.9. The van der Waals surface area contributed by atoms with Gasteiger partial charge in [-0.1, -0.05) is 27.7 Å². The molecule has 0 aromatic heterocycles. The molecule has 1 aromatic rings. The third-order valence-electron chi connectivity index (χ3n) is 5.22. The van der Waals surface area contributed by atoms with Crippen molar-refractivity contribution < 1.29 is 44.3 Å². The number of aliphatic hydroxyl groups is 4. The Morgan fingerprint density at radius 3 is 1.34 bits per heavy atom. The Labute approximate surface area is 224 Å². The molecule has 218 valence electrons. The van der Waals surface area contributed by atoms with Crippen LogP contribution < -0.4 is 16.0 Å². The molecule has 1 aromatic carbocycles. The topological polar surface area (TPSA) is 195 Å². The zero-order valence-electron chi connectivity index (χ0n) is 23.9. The summed E-state index contributed by atoms with van der Waals surface area (Å²) in [6, 6.07) is -1.92. The quantitative estimate of drug-likeness (QED) is 0.197. The number of hydrogen-bond donors (Lipinski definition) is 7. The molecule has 3 amide bonds. The monoisotopic (exact) mass is 543 g/mol. The average Bonchev–Trinajstić information content (AvgIpc) is 2.89. The fourth-order valence-electron chi connectivity index (χ4n) is 3.43. The lowest BCUT2D eigenvalue weighted by Gasteiger charge is -2.24. The van der Waals surface area contributed by atoms with Crippen molar-refractivity contribution in [2.45, 2.75) is 80.5 Å². The number of benzene rings is 1. The minimum absolute atomic E-state index is 0.0163. The van der Waals surface area contributed by atoms with Gasteiger partial charge in [0, 0.05) is 23.7 Å². The van der Waals surface area contributed by atoms with Crippen LogP contribution in [-0.2, 0) is 14.3 Å². The van der Waals surface area contributed by atoms with Crippen LogP contribution in [0, 0.1) is 20.8 Å². The molecule has 0 radical (unpaired) electrons. The number of carbonyl (C=O) groups is 4. The normalized spacial score (nSPS) is 10.9. The summed E-state index contributed by atoms with van der Waals surface area (Å²) in [5, 5.41) is 44.8. The van der Waals surface area contributed by atoms with Crippen LogP contribution in [-0.4, -0.2) is 88.7 Å². The van der Waals surface area contributed by atoms with E-state index in [0.717, 1.165) is 6.92 Å². The van der Waals surface area contributed by atoms with Crippen molar-refractivity contribution in [2.75, 3.05) is 31.7 Å². The van der Waals surface area contributed by atoms with Gasteiger partial charge in [0.25, 0.3) is 17.7 Å². The highest BCUT2D eigenvalue weighted by Gasteiger charge is 2.28. The minimum atomic E-state index is -1.16. The van der Waals surface area contributed by atoms with E-state index in [4.69, 9.17) is 4.74 Å². The number of amides is 3. The van der Waals surface area contributed by atoms with Crippen molar-refractivity contribution in [3.05, 3.63) is 27.8 Å². The smallest absolute Gasteiger partial charge is 0.303 e. The predicted octanol–water partition coefficient (Wildman–Crippen LogP) is 0.720. The lowest BCUT2D eigenvalue weighted by atomic mass is 9.89. The van der Waals surface area contributed by atoms with Crippen molar-refractivity contribution in [3.63, 3.8) is 0 Å². The zero-order chi connectivity index (χ0) is 30.2. The minimum Gasteiger partial charge on any atom is -0.453 e. The van der Waals surface area contributed by atoms with E-state index in [0.29, 0.717) is 11.1 Å². The highest BCUT2D eigenvalue weighted by Crippen LogP contribution is 2.32. The van der Waals surface area contributed by atoms with Gasteiger partial charge in [-0.15, -0.1) is 0 Å².